The monoisotopic (exact) mass is 415 g/mol. The Labute approximate surface area is 175 Å². The molecule has 2 aromatic rings. The molecule has 2 fully saturated rings. The third kappa shape index (κ3) is 3.66. The molecule has 1 saturated carbocycles. The summed E-state index contributed by atoms with van der Waals surface area (Å²) in [6, 6.07) is 6.87. The maximum atomic E-state index is 13.2. The van der Waals surface area contributed by atoms with Gasteiger partial charge in [0.05, 0.1) is 12.5 Å². The summed E-state index contributed by atoms with van der Waals surface area (Å²) in [5.41, 5.74) is 1.56. The second-order valence-corrected chi connectivity index (χ2v) is 8.64. The first-order chi connectivity index (χ1) is 13.9. The molecular weight excluding hydrogens is 390 g/mol. The molecule has 6 nitrogen and oxygen atoms in total. The number of aromatic nitrogens is 1. The smallest absolute Gasteiger partial charge is 0.327 e. The molecule has 4 rings (SSSR count). The zero-order chi connectivity index (χ0) is 20.7. The lowest BCUT2D eigenvalue weighted by atomic mass is 9.81. The zero-order valence-corrected chi connectivity index (χ0v) is 17.8. The number of nitrogens with zero attached hydrogens (tertiary/aromatic N) is 3. The molecule has 0 bridgehead atoms. The number of hydrogen-bond donors (Lipinski definition) is 0. The van der Waals surface area contributed by atoms with E-state index in [-0.39, 0.29) is 29.9 Å². The minimum atomic E-state index is -0.219. The molecule has 0 spiro atoms. The van der Waals surface area contributed by atoms with Crippen molar-refractivity contribution in [2.24, 2.45) is 5.92 Å². The van der Waals surface area contributed by atoms with Crippen LogP contribution in [-0.4, -0.2) is 38.8 Å². The van der Waals surface area contributed by atoms with Crippen molar-refractivity contribution in [3.63, 3.8) is 0 Å². The second-order valence-electron chi connectivity index (χ2n) is 8.20. The number of amides is 3. The molecule has 154 valence electrons. The van der Waals surface area contributed by atoms with Crippen LogP contribution in [0.1, 0.15) is 51.0 Å². The van der Waals surface area contributed by atoms with Gasteiger partial charge in [-0.15, -0.1) is 0 Å². The maximum Gasteiger partial charge on any atom is 0.327 e. The number of rotatable bonds is 4. The highest BCUT2D eigenvalue weighted by Crippen LogP contribution is 2.36. The first kappa shape index (κ1) is 20.0. The van der Waals surface area contributed by atoms with Gasteiger partial charge in [-0.1, -0.05) is 24.4 Å². The Morgan fingerprint density at radius 1 is 1.17 bits per heavy atom. The topological polar surface area (TPSA) is 66.7 Å². The minimum Gasteiger partial charge on any atom is -0.441 e. The van der Waals surface area contributed by atoms with Crippen LogP contribution in [0, 0.1) is 12.8 Å². The standard InChI is InChI=1S/C22H26ClN3O3/c1-13(2)26-21(27)17-6-4-5-7-19(17)25(22(26)28)12-18-14(3)29-20(24-18)15-8-10-16(23)11-9-15/h8-11,13,17,19H,4-7,12H2,1-3H3. The van der Waals surface area contributed by atoms with Gasteiger partial charge < -0.3 is 9.32 Å². The summed E-state index contributed by atoms with van der Waals surface area (Å²) in [5, 5.41) is 0.651. The molecule has 3 amide bonds. The van der Waals surface area contributed by atoms with E-state index in [1.807, 2.05) is 37.8 Å². The summed E-state index contributed by atoms with van der Waals surface area (Å²) in [5.74, 6) is 1.05. The molecule has 2 aliphatic rings. The molecule has 2 unspecified atom stereocenters. The van der Waals surface area contributed by atoms with Crippen molar-refractivity contribution < 1.29 is 14.0 Å². The van der Waals surface area contributed by atoms with E-state index in [0.29, 0.717) is 23.2 Å². The number of oxazole rings is 1. The fraction of sp³-hybridized carbons (Fsp3) is 0.500. The average molecular weight is 416 g/mol. The van der Waals surface area contributed by atoms with Crippen LogP contribution < -0.4 is 0 Å². The molecule has 1 aromatic carbocycles. The molecule has 0 radical (unpaired) electrons. The molecule has 7 heteroatoms. The van der Waals surface area contributed by atoms with Crippen molar-refractivity contribution in [1.82, 2.24) is 14.8 Å². The Kier molecular flexibility index (Phi) is 5.38. The second kappa shape index (κ2) is 7.82. The molecule has 1 saturated heterocycles. The summed E-state index contributed by atoms with van der Waals surface area (Å²) in [6.45, 7) is 5.98. The predicted octanol–water partition coefficient (Wildman–Crippen LogP) is 5.03. The molecule has 0 N–H and O–H groups in total. The van der Waals surface area contributed by atoms with Crippen LogP contribution in [0.15, 0.2) is 28.7 Å². The average Bonchev–Trinajstić information content (AvgIpc) is 3.06. The lowest BCUT2D eigenvalue weighted by molar-refractivity contribution is -0.142. The van der Waals surface area contributed by atoms with Gasteiger partial charge in [-0.2, -0.15) is 0 Å². The third-order valence-corrected chi connectivity index (χ3v) is 6.21. The van der Waals surface area contributed by atoms with Gasteiger partial charge in [-0.3, -0.25) is 9.69 Å². The summed E-state index contributed by atoms with van der Waals surface area (Å²) < 4.78 is 5.88. The van der Waals surface area contributed by atoms with Crippen LogP contribution >= 0.6 is 11.6 Å². The summed E-state index contributed by atoms with van der Waals surface area (Å²) >= 11 is 5.97. The quantitative estimate of drug-likeness (QED) is 0.701. The van der Waals surface area contributed by atoms with E-state index < -0.39 is 0 Å². The SMILES string of the molecule is Cc1oc(-c2ccc(Cl)cc2)nc1CN1C(=O)N(C(C)C)C(=O)C2CCCCC21. The molecule has 2 atom stereocenters. The first-order valence-corrected chi connectivity index (χ1v) is 10.6. The number of benzene rings is 1. The van der Waals surface area contributed by atoms with Crippen molar-refractivity contribution in [2.75, 3.05) is 0 Å². The molecule has 2 heterocycles. The first-order valence-electron chi connectivity index (χ1n) is 10.2. The lowest BCUT2D eigenvalue weighted by Gasteiger charge is -2.47. The number of hydrogen-bond acceptors (Lipinski definition) is 4. The van der Waals surface area contributed by atoms with Gasteiger partial charge in [0.1, 0.15) is 11.5 Å². The Bertz CT molecular complexity index is 922. The fourth-order valence-corrected chi connectivity index (χ4v) is 4.56. The van der Waals surface area contributed by atoms with Gasteiger partial charge in [-0.25, -0.2) is 9.78 Å². The maximum absolute atomic E-state index is 13.2. The number of aryl methyl sites for hydroxylation is 1. The van der Waals surface area contributed by atoms with Crippen LogP contribution in [-0.2, 0) is 11.3 Å². The molecule has 29 heavy (non-hydrogen) atoms. The third-order valence-electron chi connectivity index (χ3n) is 5.96. The number of imide groups is 1. The molecule has 1 aliphatic heterocycles. The van der Waals surface area contributed by atoms with E-state index in [2.05, 4.69) is 4.98 Å². The Hall–Kier alpha value is -2.34. The van der Waals surface area contributed by atoms with Gasteiger partial charge >= 0.3 is 6.03 Å². The van der Waals surface area contributed by atoms with Gasteiger partial charge in [0.15, 0.2) is 0 Å². The summed E-state index contributed by atoms with van der Waals surface area (Å²) in [6.07, 6.45) is 3.76. The molecule has 1 aromatic heterocycles. The zero-order valence-electron chi connectivity index (χ0n) is 17.0. The van der Waals surface area contributed by atoms with E-state index in [4.69, 9.17) is 16.0 Å². The largest absolute Gasteiger partial charge is 0.441 e. The highest BCUT2D eigenvalue weighted by atomic mass is 35.5. The van der Waals surface area contributed by atoms with Gasteiger partial charge in [0, 0.05) is 22.7 Å². The summed E-state index contributed by atoms with van der Waals surface area (Å²) in [4.78, 5) is 34.1. The van der Waals surface area contributed by atoms with Crippen molar-refractivity contribution in [2.45, 2.75) is 65.1 Å². The number of carbonyl (C=O) groups excluding carboxylic acids is 2. The van der Waals surface area contributed by atoms with Crippen molar-refractivity contribution in [3.8, 4) is 11.5 Å². The van der Waals surface area contributed by atoms with Crippen LogP contribution in [0.5, 0.6) is 0 Å². The Balaban J connectivity index is 1.64. The van der Waals surface area contributed by atoms with E-state index in [0.717, 1.165) is 36.9 Å². The molecular formula is C22H26ClN3O3. The van der Waals surface area contributed by atoms with Crippen LogP contribution in [0.25, 0.3) is 11.5 Å². The van der Waals surface area contributed by atoms with E-state index >= 15 is 0 Å². The van der Waals surface area contributed by atoms with E-state index in [1.54, 1.807) is 12.1 Å². The van der Waals surface area contributed by atoms with Crippen LogP contribution in [0.4, 0.5) is 4.79 Å². The van der Waals surface area contributed by atoms with Gasteiger partial charge in [0.2, 0.25) is 11.8 Å². The van der Waals surface area contributed by atoms with E-state index in [9.17, 15) is 9.59 Å². The molecule has 1 aliphatic carbocycles. The lowest BCUT2D eigenvalue weighted by Crippen LogP contribution is -2.63. The van der Waals surface area contributed by atoms with Crippen molar-refractivity contribution >= 4 is 23.5 Å². The number of carbonyl (C=O) groups is 2. The van der Waals surface area contributed by atoms with Crippen molar-refractivity contribution in [3.05, 3.63) is 40.7 Å². The van der Waals surface area contributed by atoms with Crippen LogP contribution in [0.2, 0.25) is 5.02 Å². The fourth-order valence-electron chi connectivity index (χ4n) is 4.44. The highest BCUT2D eigenvalue weighted by molar-refractivity contribution is 6.30. The Morgan fingerprint density at radius 3 is 2.55 bits per heavy atom. The minimum absolute atomic E-state index is 0.0234. The van der Waals surface area contributed by atoms with Gasteiger partial charge in [-0.05, 0) is 57.9 Å². The number of urea groups is 1. The van der Waals surface area contributed by atoms with Gasteiger partial charge in [0.25, 0.3) is 0 Å². The van der Waals surface area contributed by atoms with Crippen LogP contribution in [0.3, 0.4) is 0 Å². The summed E-state index contributed by atoms with van der Waals surface area (Å²) in [7, 11) is 0. The Morgan fingerprint density at radius 2 is 1.86 bits per heavy atom. The van der Waals surface area contributed by atoms with E-state index in [1.165, 1.54) is 4.90 Å². The normalized spacial score (nSPS) is 22.4. The number of halogens is 1. The number of fused-ring (bicyclic) bond motifs is 1. The highest BCUT2D eigenvalue weighted by Gasteiger charge is 2.47. The predicted molar refractivity (Wildman–Crippen MR) is 110 cm³/mol. The van der Waals surface area contributed by atoms with Crippen molar-refractivity contribution in [1.29, 1.82) is 0 Å².